The molecule has 0 aromatic carbocycles. The van der Waals surface area contributed by atoms with Crippen LogP contribution in [0.25, 0.3) is 11.0 Å². The molecule has 2 rings (SSSR count). The second-order valence-electron chi connectivity index (χ2n) is 2.42. The number of aromatic nitrogens is 3. The van der Waals surface area contributed by atoms with Crippen LogP contribution in [0.3, 0.4) is 0 Å². The van der Waals surface area contributed by atoms with Crippen molar-refractivity contribution in [2.75, 3.05) is 7.05 Å². The van der Waals surface area contributed by atoms with Crippen LogP contribution in [-0.2, 0) is 0 Å². The van der Waals surface area contributed by atoms with Gasteiger partial charge in [0.2, 0.25) is 0 Å². The van der Waals surface area contributed by atoms with E-state index in [-0.39, 0.29) is 0 Å². The quantitative estimate of drug-likeness (QED) is 0.633. The Kier molecular flexibility index (Phi) is 1.59. The summed E-state index contributed by atoms with van der Waals surface area (Å²) in [6, 6.07) is 1.91. The highest BCUT2D eigenvalue weighted by Gasteiger charge is 1.99. The maximum absolute atomic E-state index is 4.10. The number of rotatable bonds is 1. The van der Waals surface area contributed by atoms with Gasteiger partial charge < -0.3 is 0 Å². The Labute approximate surface area is 69.4 Å². The topological polar surface area (TPSA) is 53.9 Å². The Morgan fingerprint density at radius 3 is 3.33 bits per heavy atom. The van der Waals surface area contributed by atoms with Crippen LogP contribution < -0.4 is 0 Å². The molecule has 0 bridgehead atoms. The van der Waals surface area contributed by atoms with Crippen LogP contribution in [0.5, 0.6) is 0 Å². The Bertz CT molecular complexity index is 416. The summed E-state index contributed by atoms with van der Waals surface area (Å²) >= 11 is 0. The van der Waals surface area contributed by atoms with Crippen molar-refractivity contribution in [1.29, 1.82) is 0 Å². The number of nitrogens with zero attached hydrogens (tertiary/aromatic N) is 3. The van der Waals surface area contributed by atoms with Crippen molar-refractivity contribution >= 4 is 17.2 Å². The minimum Gasteiger partial charge on any atom is -0.296 e. The normalized spacial score (nSPS) is 11.4. The van der Waals surface area contributed by atoms with Crippen molar-refractivity contribution in [1.82, 2.24) is 15.2 Å². The summed E-state index contributed by atoms with van der Waals surface area (Å²) in [6.45, 7) is 0. The summed E-state index contributed by atoms with van der Waals surface area (Å²) in [4.78, 5) is 8.05. The number of nitrogens with one attached hydrogen (secondary N) is 1. The third kappa shape index (κ3) is 0.972. The molecule has 0 atom stereocenters. The summed E-state index contributed by atoms with van der Waals surface area (Å²) in [5, 5.41) is 7.69. The van der Waals surface area contributed by atoms with Gasteiger partial charge in [-0.2, -0.15) is 5.10 Å². The van der Waals surface area contributed by atoms with Crippen LogP contribution in [0.1, 0.15) is 5.56 Å². The van der Waals surface area contributed by atoms with Crippen LogP contribution >= 0.6 is 0 Å². The molecule has 12 heavy (non-hydrogen) atoms. The molecular weight excluding hydrogens is 152 g/mol. The van der Waals surface area contributed by atoms with Crippen molar-refractivity contribution in [2.24, 2.45) is 4.99 Å². The molecule has 2 aromatic heterocycles. The lowest BCUT2D eigenvalue weighted by molar-refractivity contribution is 1.10. The summed E-state index contributed by atoms with van der Waals surface area (Å²) in [5.74, 6) is 0. The first-order valence-electron chi connectivity index (χ1n) is 3.62. The average molecular weight is 160 g/mol. The molecule has 0 aliphatic rings. The second-order valence-corrected chi connectivity index (χ2v) is 2.42. The third-order valence-electron chi connectivity index (χ3n) is 1.66. The number of H-pyrrole nitrogens is 1. The first-order valence-corrected chi connectivity index (χ1v) is 3.62. The van der Waals surface area contributed by atoms with Gasteiger partial charge in [0.25, 0.3) is 0 Å². The number of fused-ring (bicyclic) bond motifs is 1. The fraction of sp³-hybridized carbons (Fsp3) is 0.125. The molecule has 0 aliphatic heterocycles. The highest BCUT2D eigenvalue weighted by Crippen LogP contribution is 2.10. The van der Waals surface area contributed by atoms with Crippen LogP contribution in [0.4, 0.5) is 0 Å². The minimum absolute atomic E-state index is 0.799. The first kappa shape index (κ1) is 6.97. The standard InChI is InChI=1S/C8H8N4/c1-9-4-6-2-3-10-8-7(6)5-11-12-8/h2-5H,1H3,(H,10,11,12). The molecule has 0 saturated carbocycles. The molecule has 2 aromatic rings. The van der Waals surface area contributed by atoms with Gasteiger partial charge in [0.1, 0.15) is 0 Å². The summed E-state index contributed by atoms with van der Waals surface area (Å²) in [6.07, 6.45) is 5.27. The van der Waals surface area contributed by atoms with Crippen molar-refractivity contribution in [3.63, 3.8) is 0 Å². The average Bonchev–Trinajstić information content (AvgIpc) is 2.53. The van der Waals surface area contributed by atoms with E-state index >= 15 is 0 Å². The van der Waals surface area contributed by atoms with Crippen LogP contribution in [0, 0.1) is 0 Å². The summed E-state index contributed by atoms with van der Waals surface area (Å²) < 4.78 is 0. The SMILES string of the molecule is CN=Cc1ccnc2[nH]ncc12. The van der Waals surface area contributed by atoms with Gasteiger partial charge in [0.15, 0.2) is 5.65 Å². The van der Waals surface area contributed by atoms with Gasteiger partial charge >= 0.3 is 0 Å². The van der Waals surface area contributed by atoms with Gasteiger partial charge in [-0.25, -0.2) is 4.98 Å². The van der Waals surface area contributed by atoms with Gasteiger partial charge in [0, 0.05) is 30.4 Å². The van der Waals surface area contributed by atoms with Gasteiger partial charge in [0.05, 0.1) is 6.20 Å². The maximum atomic E-state index is 4.10. The molecular formula is C8H8N4. The van der Waals surface area contributed by atoms with E-state index in [0.29, 0.717) is 0 Å². The molecule has 0 aliphatic carbocycles. The zero-order valence-electron chi connectivity index (χ0n) is 6.65. The lowest BCUT2D eigenvalue weighted by atomic mass is 10.2. The van der Waals surface area contributed by atoms with Gasteiger partial charge in [-0.1, -0.05) is 0 Å². The predicted molar refractivity (Wildman–Crippen MR) is 47.4 cm³/mol. The van der Waals surface area contributed by atoms with Crippen LogP contribution in [-0.4, -0.2) is 28.4 Å². The fourth-order valence-corrected chi connectivity index (χ4v) is 1.12. The summed E-state index contributed by atoms with van der Waals surface area (Å²) in [7, 11) is 1.74. The molecule has 0 spiro atoms. The van der Waals surface area contributed by atoms with E-state index in [1.54, 1.807) is 25.7 Å². The highest BCUT2D eigenvalue weighted by atomic mass is 15.1. The number of aromatic amines is 1. The Morgan fingerprint density at radius 2 is 2.50 bits per heavy atom. The highest BCUT2D eigenvalue weighted by molar-refractivity contribution is 5.96. The molecule has 0 radical (unpaired) electrons. The molecule has 1 N–H and O–H groups in total. The molecule has 4 nitrogen and oxygen atoms in total. The number of aliphatic imine (C=N–C) groups is 1. The molecule has 0 amide bonds. The molecule has 4 heteroatoms. The molecule has 60 valence electrons. The monoisotopic (exact) mass is 160 g/mol. The largest absolute Gasteiger partial charge is 0.296 e. The van der Waals surface area contributed by atoms with E-state index in [1.807, 2.05) is 6.07 Å². The lowest BCUT2D eigenvalue weighted by Crippen LogP contribution is -1.83. The van der Waals surface area contributed by atoms with E-state index in [9.17, 15) is 0 Å². The van der Waals surface area contributed by atoms with Crippen molar-refractivity contribution in [2.45, 2.75) is 0 Å². The summed E-state index contributed by atoms with van der Waals surface area (Å²) in [5.41, 5.74) is 1.84. The molecule has 0 fully saturated rings. The second kappa shape index (κ2) is 2.73. The van der Waals surface area contributed by atoms with E-state index in [0.717, 1.165) is 16.6 Å². The first-order chi connectivity index (χ1) is 5.92. The van der Waals surface area contributed by atoms with Crippen molar-refractivity contribution in [3.05, 3.63) is 24.0 Å². The Hall–Kier alpha value is -1.71. The Morgan fingerprint density at radius 1 is 1.58 bits per heavy atom. The van der Waals surface area contributed by atoms with Gasteiger partial charge in [-0.3, -0.25) is 10.1 Å². The molecule has 0 saturated heterocycles. The minimum atomic E-state index is 0.799. The number of hydrogen-bond donors (Lipinski definition) is 1. The van der Waals surface area contributed by atoms with E-state index in [1.165, 1.54) is 0 Å². The smallest absolute Gasteiger partial charge is 0.155 e. The van der Waals surface area contributed by atoms with E-state index in [4.69, 9.17) is 0 Å². The zero-order valence-corrected chi connectivity index (χ0v) is 6.65. The molecule has 0 unspecified atom stereocenters. The predicted octanol–water partition coefficient (Wildman–Crippen LogP) is 1.01. The van der Waals surface area contributed by atoms with E-state index < -0.39 is 0 Å². The van der Waals surface area contributed by atoms with Crippen LogP contribution in [0.2, 0.25) is 0 Å². The third-order valence-corrected chi connectivity index (χ3v) is 1.66. The Balaban J connectivity index is 2.73. The van der Waals surface area contributed by atoms with E-state index in [2.05, 4.69) is 20.2 Å². The fourth-order valence-electron chi connectivity index (χ4n) is 1.12. The van der Waals surface area contributed by atoms with Crippen molar-refractivity contribution in [3.8, 4) is 0 Å². The van der Waals surface area contributed by atoms with Gasteiger partial charge in [-0.05, 0) is 6.07 Å². The van der Waals surface area contributed by atoms with Crippen molar-refractivity contribution < 1.29 is 0 Å². The maximum Gasteiger partial charge on any atom is 0.155 e. The number of pyridine rings is 1. The zero-order chi connectivity index (χ0) is 8.39. The molecule has 2 heterocycles. The lowest BCUT2D eigenvalue weighted by Gasteiger charge is -1.91. The van der Waals surface area contributed by atoms with Gasteiger partial charge in [-0.15, -0.1) is 0 Å². The number of hydrogen-bond acceptors (Lipinski definition) is 3. The van der Waals surface area contributed by atoms with Crippen LogP contribution in [0.15, 0.2) is 23.5 Å².